The number of nitrogens with zero attached hydrogens (tertiary/aromatic N) is 1. The summed E-state index contributed by atoms with van der Waals surface area (Å²) in [5, 5.41) is 0. The van der Waals surface area contributed by atoms with E-state index in [4.69, 9.17) is 9.15 Å². The van der Waals surface area contributed by atoms with Crippen LogP contribution in [0.4, 0.5) is 0 Å². The smallest absolute Gasteiger partial charge is 0.191 e. The molecule has 0 bridgehead atoms. The lowest BCUT2D eigenvalue weighted by molar-refractivity contribution is 0.337. The molecule has 0 fully saturated rings. The fourth-order valence-corrected chi connectivity index (χ4v) is 1.86. The number of oxazole rings is 1. The second-order valence-corrected chi connectivity index (χ2v) is 4.12. The molecule has 1 heterocycles. The average molecular weight is 231 g/mol. The van der Waals surface area contributed by atoms with Crippen LogP contribution in [0.15, 0.2) is 22.8 Å². The predicted octanol–water partition coefficient (Wildman–Crippen LogP) is 3.67. The van der Waals surface area contributed by atoms with Gasteiger partial charge in [0.25, 0.3) is 0 Å². The van der Waals surface area contributed by atoms with Gasteiger partial charge in [0.1, 0.15) is 17.7 Å². The number of benzene rings is 1. The Balaban J connectivity index is 2.46. The minimum Gasteiger partial charge on any atom is -0.494 e. The highest BCUT2D eigenvalue weighted by Crippen LogP contribution is 2.29. The van der Waals surface area contributed by atoms with Crippen molar-refractivity contribution >= 4 is 0 Å². The Kier molecular flexibility index (Phi) is 3.18. The molecule has 2 rings (SSSR count). The number of rotatable bonds is 3. The van der Waals surface area contributed by atoms with Gasteiger partial charge in [0.05, 0.1) is 6.61 Å². The van der Waals surface area contributed by atoms with Gasteiger partial charge in [0.15, 0.2) is 5.89 Å². The molecule has 0 N–H and O–H groups in total. The zero-order valence-electron chi connectivity index (χ0n) is 10.7. The minimum atomic E-state index is 0.683. The van der Waals surface area contributed by atoms with Crippen molar-refractivity contribution in [3.8, 4) is 17.0 Å². The molecule has 0 saturated carbocycles. The average Bonchev–Trinajstić information content (AvgIpc) is 2.70. The third kappa shape index (κ3) is 2.33. The van der Waals surface area contributed by atoms with Crippen molar-refractivity contribution in [3.63, 3.8) is 0 Å². The normalized spacial score (nSPS) is 10.6. The van der Waals surface area contributed by atoms with Crippen LogP contribution in [0, 0.1) is 20.8 Å². The molecule has 0 atom stereocenters. The van der Waals surface area contributed by atoms with Crippen LogP contribution >= 0.6 is 0 Å². The molecule has 1 aromatic heterocycles. The van der Waals surface area contributed by atoms with Crippen molar-refractivity contribution in [1.82, 2.24) is 4.98 Å². The summed E-state index contributed by atoms with van der Waals surface area (Å²) >= 11 is 0. The van der Waals surface area contributed by atoms with Gasteiger partial charge in [-0.2, -0.15) is 0 Å². The molecule has 2 aromatic rings. The molecule has 0 spiro atoms. The van der Waals surface area contributed by atoms with E-state index in [9.17, 15) is 0 Å². The lowest BCUT2D eigenvalue weighted by Crippen LogP contribution is -1.96. The molecule has 3 heteroatoms. The largest absolute Gasteiger partial charge is 0.494 e. The molecule has 17 heavy (non-hydrogen) atoms. The standard InChI is InChI=1S/C14H17NO2/c1-5-16-14-7-9(2)12(6-10(14)3)13-8-17-11(4)15-13/h6-8H,5H2,1-4H3. The lowest BCUT2D eigenvalue weighted by Gasteiger charge is -2.10. The quantitative estimate of drug-likeness (QED) is 0.808. The highest BCUT2D eigenvalue weighted by atomic mass is 16.5. The first kappa shape index (κ1) is 11.7. The molecule has 0 aliphatic heterocycles. The Morgan fingerprint density at radius 1 is 1.18 bits per heavy atom. The molecule has 0 unspecified atom stereocenters. The van der Waals surface area contributed by atoms with Crippen LogP contribution in [0.1, 0.15) is 23.9 Å². The van der Waals surface area contributed by atoms with Crippen molar-refractivity contribution in [1.29, 1.82) is 0 Å². The van der Waals surface area contributed by atoms with Crippen LogP contribution in [-0.2, 0) is 0 Å². The van der Waals surface area contributed by atoms with E-state index in [0.717, 1.165) is 28.1 Å². The minimum absolute atomic E-state index is 0.683. The van der Waals surface area contributed by atoms with Gasteiger partial charge < -0.3 is 9.15 Å². The Labute approximate surface area is 101 Å². The highest BCUT2D eigenvalue weighted by molar-refractivity contribution is 5.65. The molecule has 1 aromatic carbocycles. The van der Waals surface area contributed by atoms with E-state index >= 15 is 0 Å². The van der Waals surface area contributed by atoms with E-state index in [1.54, 1.807) is 6.26 Å². The van der Waals surface area contributed by atoms with Crippen molar-refractivity contribution in [3.05, 3.63) is 35.4 Å². The summed E-state index contributed by atoms with van der Waals surface area (Å²) < 4.78 is 10.8. The van der Waals surface area contributed by atoms with Gasteiger partial charge in [-0.25, -0.2) is 4.98 Å². The van der Waals surface area contributed by atoms with E-state index < -0.39 is 0 Å². The molecule has 3 nitrogen and oxygen atoms in total. The number of hydrogen-bond acceptors (Lipinski definition) is 3. The maximum atomic E-state index is 5.57. The van der Waals surface area contributed by atoms with Crippen LogP contribution < -0.4 is 4.74 Å². The maximum absolute atomic E-state index is 5.57. The first-order chi connectivity index (χ1) is 8.11. The summed E-state index contributed by atoms with van der Waals surface area (Å²) in [6, 6.07) is 4.15. The number of ether oxygens (including phenoxy) is 1. The van der Waals surface area contributed by atoms with Crippen LogP contribution in [-0.4, -0.2) is 11.6 Å². The van der Waals surface area contributed by atoms with Crippen molar-refractivity contribution in [2.24, 2.45) is 0 Å². The van der Waals surface area contributed by atoms with Gasteiger partial charge in [0.2, 0.25) is 0 Å². The summed E-state index contributed by atoms with van der Waals surface area (Å²) in [7, 11) is 0. The van der Waals surface area contributed by atoms with E-state index in [1.165, 1.54) is 0 Å². The molecule has 0 amide bonds. The summed E-state index contributed by atoms with van der Waals surface area (Å²) in [5.74, 6) is 1.62. The fraction of sp³-hybridized carbons (Fsp3) is 0.357. The van der Waals surface area contributed by atoms with E-state index in [2.05, 4.69) is 24.0 Å². The topological polar surface area (TPSA) is 35.3 Å². The van der Waals surface area contributed by atoms with Gasteiger partial charge in [-0.05, 0) is 44.0 Å². The van der Waals surface area contributed by atoms with E-state index in [0.29, 0.717) is 12.5 Å². The Bertz CT molecular complexity index is 529. The van der Waals surface area contributed by atoms with Crippen LogP contribution in [0.3, 0.4) is 0 Å². The van der Waals surface area contributed by atoms with Crippen molar-refractivity contribution in [2.45, 2.75) is 27.7 Å². The van der Waals surface area contributed by atoms with Gasteiger partial charge in [0, 0.05) is 12.5 Å². The van der Waals surface area contributed by atoms with Gasteiger partial charge in [-0.15, -0.1) is 0 Å². The summed E-state index contributed by atoms with van der Waals surface area (Å²) in [5.41, 5.74) is 4.24. The zero-order chi connectivity index (χ0) is 12.4. The molecular weight excluding hydrogens is 214 g/mol. The van der Waals surface area contributed by atoms with Crippen LogP contribution in [0.2, 0.25) is 0 Å². The fourth-order valence-electron chi connectivity index (χ4n) is 1.86. The Hall–Kier alpha value is -1.77. The van der Waals surface area contributed by atoms with Gasteiger partial charge >= 0.3 is 0 Å². The molecular formula is C14H17NO2. The number of aromatic nitrogens is 1. The summed E-state index contributed by atoms with van der Waals surface area (Å²) in [6.07, 6.45) is 1.69. The van der Waals surface area contributed by atoms with E-state index in [1.807, 2.05) is 20.8 Å². The second kappa shape index (κ2) is 4.62. The third-order valence-corrected chi connectivity index (χ3v) is 2.72. The van der Waals surface area contributed by atoms with Gasteiger partial charge in [-0.3, -0.25) is 0 Å². The number of hydrogen-bond donors (Lipinski definition) is 0. The third-order valence-electron chi connectivity index (χ3n) is 2.72. The zero-order valence-corrected chi connectivity index (χ0v) is 10.7. The Morgan fingerprint density at radius 3 is 2.53 bits per heavy atom. The predicted molar refractivity (Wildman–Crippen MR) is 67.3 cm³/mol. The SMILES string of the molecule is CCOc1cc(C)c(-c2coc(C)n2)cc1C. The maximum Gasteiger partial charge on any atom is 0.191 e. The first-order valence-corrected chi connectivity index (χ1v) is 5.78. The molecule has 0 aliphatic carbocycles. The monoisotopic (exact) mass is 231 g/mol. The summed E-state index contributed by atoms with van der Waals surface area (Å²) in [4.78, 5) is 4.35. The molecule has 0 radical (unpaired) electrons. The van der Waals surface area contributed by atoms with E-state index in [-0.39, 0.29) is 0 Å². The molecule has 0 saturated heterocycles. The molecule has 90 valence electrons. The highest BCUT2D eigenvalue weighted by Gasteiger charge is 2.10. The van der Waals surface area contributed by atoms with Crippen LogP contribution in [0.25, 0.3) is 11.3 Å². The Morgan fingerprint density at radius 2 is 1.94 bits per heavy atom. The lowest BCUT2D eigenvalue weighted by atomic mass is 10.0. The molecule has 0 aliphatic rings. The number of aryl methyl sites for hydroxylation is 3. The van der Waals surface area contributed by atoms with Crippen molar-refractivity contribution in [2.75, 3.05) is 6.61 Å². The van der Waals surface area contributed by atoms with Crippen LogP contribution in [0.5, 0.6) is 5.75 Å². The summed E-state index contributed by atoms with van der Waals surface area (Å²) in [6.45, 7) is 8.62. The van der Waals surface area contributed by atoms with Gasteiger partial charge in [-0.1, -0.05) is 0 Å². The second-order valence-electron chi connectivity index (χ2n) is 4.12. The van der Waals surface area contributed by atoms with Crippen molar-refractivity contribution < 1.29 is 9.15 Å². The first-order valence-electron chi connectivity index (χ1n) is 5.78.